The first kappa shape index (κ1) is 23.9. The number of nitrogens with two attached hydrogens (primary N) is 1. The highest BCUT2D eigenvalue weighted by Crippen LogP contribution is 2.24. The summed E-state index contributed by atoms with van der Waals surface area (Å²) in [6.45, 7) is 9.61. The summed E-state index contributed by atoms with van der Waals surface area (Å²) >= 11 is 0. The van der Waals surface area contributed by atoms with Crippen molar-refractivity contribution >= 4 is 28.3 Å². The first-order valence-electron chi connectivity index (χ1n) is 9.38. The number of hydrogen-bond acceptors (Lipinski definition) is 4. The van der Waals surface area contributed by atoms with Gasteiger partial charge in [0.15, 0.2) is 0 Å². The Morgan fingerprint density at radius 2 is 1.81 bits per heavy atom. The van der Waals surface area contributed by atoms with Crippen molar-refractivity contribution in [1.82, 2.24) is 9.21 Å². The Hall–Kier alpha value is -1.15. The maximum atomic E-state index is 13.0. The second kappa shape index (κ2) is 9.87. The van der Waals surface area contributed by atoms with Gasteiger partial charge in [-0.1, -0.05) is 19.9 Å². The summed E-state index contributed by atoms with van der Waals surface area (Å²) in [5.41, 5.74) is 7.24. The number of rotatable bonds is 6. The lowest BCUT2D eigenvalue weighted by Crippen LogP contribution is -2.42. The van der Waals surface area contributed by atoms with Gasteiger partial charge in [0, 0.05) is 37.8 Å². The molecule has 1 aliphatic rings. The number of nitrogens with zero attached hydrogens (tertiary/aromatic N) is 2. The normalized spacial score (nSPS) is 16.9. The monoisotopic (exact) mass is 417 g/mol. The molecule has 6 nitrogen and oxygen atoms in total. The van der Waals surface area contributed by atoms with Gasteiger partial charge < -0.3 is 10.6 Å². The maximum absolute atomic E-state index is 13.0. The Kier molecular flexibility index (Phi) is 8.73. The van der Waals surface area contributed by atoms with Gasteiger partial charge in [0.2, 0.25) is 10.0 Å². The van der Waals surface area contributed by atoms with Crippen molar-refractivity contribution in [3.05, 3.63) is 29.3 Å². The number of carbonyl (C=O) groups is 1. The molecule has 1 aromatic rings. The van der Waals surface area contributed by atoms with Crippen molar-refractivity contribution in [3.63, 3.8) is 0 Å². The van der Waals surface area contributed by atoms with Crippen LogP contribution in [0.2, 0.25) is 0 Å². The summed E-state index contributed by atoms with van der Waals surface area (Å²) in [4.78, 5) is 15.0. The van der Waals surface area contributed by atoms with E-state index in [1.54, 1.807) is 12.1 Å². The quantitative estimate of drug-likeness (QED) is 0.771. The van der Waals surface area contributed by atoms with E-state index >= 15 is 0 Å². The lowest BCUT2D eigenvalue weighted by Gasteiger charge is -2.34. The van der Waals surface area contributed by atoms with Crippen molar-refractivity contribution < 1.29 is 13.2 Å². The predicted molar refractivity (Wildman–Crippen MR) is 111 cm³/mol. The highest BCUT2D eigenvalue weighted by Gasteiger charge is 2.28. The summed E-state index contributed by atoms with van der Waals surface area (Å²) in [6.07, 6.45) is 1.78. The molecule has 1 fully saturated rings. The van der Waals surface area contributed by atoms with Gasteiger partial charge in [0.25, 0.3) is 5.91 Å². The fourth-order valence-electron chi connectivity index (χ4n) is 3.50. The predicted octanol–water partition coefficient (Wildman–Crippen LogP) is 2.65. The van der Waals surface area contributed by atoms with Crippen LogP contribution in [0, 0.1) is 12.8 Å². The smallest absolute Gasteiger partial charge is 0.254 e. The molecule has 0 bridgehead atoms. The molecule has 154 valence electrons. The average molecular weight is 418 g/mol. The van der Waals surface area contributed by atoms with E-state index in [4.69, 9.17) is 5.73 Å². The van der Waals surface area contributed by atoms with Gasteiger partial charge in [-0.05, 0) is 50.3 Å². The minimum Gasteiger partial charge on any atom is -0.339 e. The number of halogens is 1. The topological polar surface area (TPSA) is 83.7 Å². The molecule has 0 aliphatic carbocycles. The van der Waals surface area contributed by atoms with Crippen LogP contribution < -0.4 is 5.73 Å². The van der Waals surface area contributed by atoms with Gasteiger partial charge in [-0.15, -0.1) is 12.4 Å². The van der Waals surface area contributed by atoms with Crippen LogP contribution in [0.3, 0.4) is 0 Å². The number of aryl methyl sites for hydroxylation is 1. The molecule has 1 aliphatic heterocycles. The van der Waals surface area contributed by atoms with Crippen LogP contribution >= 0.6 is 12.4 Å². The van der Waals surface area contributed by atoms with Crippen LogP contribution in [0.4, 0.5) is 0 Å². The van der Waals surface area contributed by atoms with E-state index in [0.717, 1.165) is 18.4 Å². The van der Waals surface area contributed by atoms with E-state index < -0.39 is 10.0 Å². The molecule has 1 heterocycles. The van der Waals surface area contributed by atoms with Gasteiger partial charge in [-0.3, -0.25) is 4.79 Å². The minimum atomic E-state index is -3.58. The van der Waals surface area contributed by atoms with Crippen LogP contribution in [-0.2, 0) is 10.0 Å². The van der Waals surface area contributed by atoms with Gasteiger partial charge in [0.1, 0.15) is 0 Å². The van der Waals surface area contributed by atoms with Crippen molar-refractivity contribution in [2.45, 2.75) is 51.5 Å². The Morgan fingerprint density at radius 1 is 1.26 bits per heavy atom. The number of likely N-dealkylation sites (tertiary alicyclic amines) is 1. The molecule has 27 heavy (non-hydrogen) atoms. The summed E-state index contributed by atoms with van der Waals surface area (Å²) in [6, 6.07) is 4.97. The highest BCUT2D eigenvalue weighted by atomic mass is 35.5. The molecule has 2 rings (SSSR count). The zero-order valence-electron chi connectivity index (χ0n) is 16.6. The van der Waals surface area contributed by atoms with E-state index in [9.17, 15) is 13.2 Å². The zero-order chi connectivity index (χ0) is 19.5. The highest BCUT2D eigenvalue weighted by molar-refractivity contribution is 7.89. The summed E-state index contributed by atoms with van der Waals surface area (Å²) in [7, 11) is -3.58. The first-order valence-corrected chi connectivity index (χ1v) is 10.8. The van der Waals surface area contributed by atoms with Gasteiger partial charge >= 0.3 is 0 Å². The average Bonchev–Trinajstić information content (AvgIpc) is 2.62. The molecule has 1 aromatic carbocycles. The van der Waals surface area contributed by atoms with Gasteiger partial charge in [0.05, 0.1) is 4.90 Å². The molecule has 1 amide bonds. The molecular formula is C19H32ClN3O3S. The van der Waals surface area contributed by atoms with Crippen LogP contribution in [0.25, 0.3) is 0 Å². The van der Waals surface area contributed by atoms with E-state index in [1.807, 2.05) is 32.6 Å². The number of piperidine rings is 1. The van der Waals surface area contributed by atoms with Crippen molar-refractivity contribution in [2.75, 3.05) is 26.2 Å². The molecule has 0 radical (unpaired) electrons. The first-order chi connectivity index (χ1) is 12.2. The molecule has 0 saturated carbocycles. The standard InChI is InChI=1S/C19H31N3O3S.ClH/c1-5-22(6-2)26(24,25)17-8-7-14(3)18(13-17)19(23)21-11-9-16(10-12-21)15(4)20;/h7-8,13,15-16H,5-6,9-12,20H2,1-4H3;1H. The third-order valence-electron chi connectivity index (χ3n) is 5.35. The second-order valence-electron chi connectivity index (χ2n) is 7.05. The molecule has 1 saturated heterocycles. The van der Waals surface area contributed by atoms with Crippen LogP contribution in [0.1, 0.15) is 49.5 Å². The second-order valence-corrected chi connectivity index (χ2v) is 8.99. The fraction of sp³-hybridized carbons (Fsp3) is 0.632. The summed E-state index contributed by atoms with van der Waals surface area (Å²) < 4.78 is 26.9. The van der Waals surface area contributed by atoms with Gasteiger partial charge in [-0.25, -0.2) is 8.42 Å². The lowest BCUT2D eigenvalue weighted by atomic mass is 9.90. The number of hydrogen-bond donors (Lipinski definition) is 1. The van der Waals surface area contributed by atoms with E-state index in [0.29, 0.717) is 37.7 Å². The van der Waals surface area contributed by atoms with E-state index in [-0.39, 0.29) is 29.3 Å². The Morgan fingerprint density at radius 3 is 2.30 bits per heavy atom. The number of sulfonamides is 1. The van der Waals surface area contributed by atoms with Crippen LogP contribution in [-0.4, -0.2) is 55.8 Å². The van der Waals surface area contributed by atoms with E-state index in [2.05, 4.69) is 0 Å². The number of carbonyl (C=O) groups excluding carboxylic acids is 1. The molecule has 2 N–H and O–H groups in total. The van der Waals surface area contributed by atoms with Crippen molar-refractivity contribution in [2.24, 2.45) is 11.7 Å². The molecule has 1 unspecified atom stereocenters. The minimum absolute atomic E-state index is 0. The van der Waals surface area contributed by atoms with Crippen molar-refractivity contribution in [1.29, 1.82) is 0 Å². The molecular weight excluding hydrogens is 386 g/mol. The van der Waals surface area contributed by atoms with Gasteiger partial charge in [-0.2, -0.15) is 4.31 Å². The summed E-state index contributed by atoms with van der Waals surface area (Å²) in [5.74, 6) is 0.344. The third kappa shape index (κ3) is 5.22. The molecule has 1 atom stereocenters. The number of benzene rings is 1. The molecule has 8 heteroatoms. The fourth-order valence-corrected chi connectivity index (χ4v) is 4.99. The Balaban J connectivity index is 0.00000364. The molecule has 0 aromatic heterocycles. The number of amides is 1. The summed E-state index contributed by atoms with van der Waals surface area (Å²) in [5, 5.41) is 0. The zero-order valence-corrected chi connectivity index (χ0v) is 18.3. The lowest BCUT2D eigenvalue weighted by molar-refractivity contribution is 0.0680. The van der Waals surface area contributed by atoms with Crippen molar-refractivity contribution in [3.8, 4) is 0 Å². The largest absolute Gasteiger partial charge is 0.339 e. The Bertz CT molecular complexity index is 741. The SMILES string of the molecule is CCN(CC)S(=O)(=O)c1ccc(C)c(C(=O)N2CCC(C(C)N)CC2)c1.Cl. The maximum Gasteiger partial charge on any atom is 0.254 e. The third-order valence-corrected chi connectivity index (χ3v) is 7.40. The molecule has 0 spiro atoms. The van der Waals surface area contributed by atoms with Crippen LogP contribution in [0.15, 0.2) is 23.1 Å². The van der Waals surface area contributed by atoms with Crippen LogP contribution in [0.5, 0.6) is 0 Å². The Labute approximate surface area is 169 Å². The van der Waals surface area contributed by atoms with E-state index in [1.165, 1.54) is 10.4 Å².